The maximum atomic E-state index is 6.04. The van der Waals surface area contributed by atoms with Gasteiger partial charge in [-0.05, 0) is 31.5 Å². The second kappa shape index (κ2) is 5.31. The number of aryl methyl sites for hydroxylation is 1. The van der Waals surface area contributed by atoms with E-state index in [9.17, 15) is 0 Å². The maximum absolute atomic E-state index is 6.04. The summed E-state index contributed by atoms with van der Waals surface area (Å²) in [5, 5.41) is 0.611. The zero-order chi connectivity index (χ0) is 13.1. The van der Waals surface area contributed by atoms with E-state index in [0.29, 0.717) is 34.8 Å². The fourth-order valence-corrected chi connectivity index (χ4v) is 2.03. The summed E-state index contributed by atoms with van der Waals surface area (Å²) in [7, 11) is 1.60. The van der Waals surface area contributed by atoms with Gasteiger partial charge >= 0.3 is 5.95 Å². The van der Waals surface area contributed by atoms with Gasteiger partial charge in [0, 0.05) is 5.02 Å². The maximum Gasteiger partial charge on any atom is 0.305 e. The number of nitrogens with zero attached hydrogens (tertiary/aromatic N) is 1. The number of halogens is 1. The van der Waals surface area contributed by atoms with Crippen molar-refractivity contribution in [2.24, 2.45) is 0 Å². The van der Waals surface area contributed by atoms with E-state index >= 15 is 0 Å². The van der Waals surface area contributed by atoms with Gasteiger partial charge in [0.05, 0.1) is 19.3 Å². The van der Waals surface area contributed by atoms with E-state index < -0.39 is 0 Å². The molecular weight excluding hydrogens is 254 g/mol. The molecule has 96 valence electrons. The highest BCUT2D eigenvalue weighted by molar-refractivity contribution is 6.31. The van der Waals surface area contributed by atoms with Gasteiger partial charge in [0.2, 0.25) is 5.89 Å². The molecule has 5 heteroatoms. The Labute approximate surface area is 110 Å². The summed E-state index contributed by atoms with van der Waals surface area (Å²) < 4.78 is 16.1. The molecule has 0 amide bonds. The highest BCUT2D eigenvalue weighted by Gasteiger charge is 2.15. The van der Waals surface area contributed by atoms with Gasteiger partial charge in [-0.1, -0.05) is 11.6 Å². The molecule has 0 bridgehead atoms. The minimum Gasteiger partial charge on any atom is -0.496 e. The van der Waals surface area contributed by atoms with Crippen LogP contribution in [0.25, 0.3) is 11.5 Å². The van der Waals surface area contributed by atoms with Gasteiger partial charge in [0.25, 0.3) is 0 Å². The van der Waals surface area contributed by atoms with E-state index in [1.165, 1.54) is 6.20 Å². The molecule has 0 N–H and O–H groups in total. The number of methoxy groups -OCH3 is 1. The van der Waals surface area contributed by atoms with Crippen molar-refractivity contribution in [3.05, 3.63) is 28.9 Å². The Balaban J connectivity index is 2.48. The van der Waals surface area contributed by atoms with Crippen LogP contribution in [0.1, 0.15) is 12.5 Å². The molecule has 0 saturated carbocycles. The Morgan fingerprint density at radius 2 is 2.17 bits per heavy atom. The SMILES string of the molecule is CCOc1cnc(-c2cc(Cl)cc(C)c2OC)o1. The second-order valence-corrected chi connectivity index (χ2v) is 4.16. The van der Waals surface area contributed by atoms with Crippen LogP contribution < -0.4 is 9.47 Å². The lowest BCUT2D eigenvalue weighted by atomic mass is 10.1. The van der Waals surface area contributed by atoms with E-state index in [0.717, 1.165) is 5.56 Å². The zero-order valence-corrected chi connectivity index (χ0v) is 11.2. The molecule has 18 heavy (non-hydrogen) atoms. The third-order valence-corrected chi connectivity index (χ3v) is 2.66. The molecule has 0 aliphatic heterocycles. The van der Waals surface area contributed by atoms with Crippen molar-refractivity contribution in [2.45, 2.75) is 13.8 Å². The average Bonchev–Trinajstić information content (AvgIpc) is 2.77. The summed E-state index contributed by atoms with van der Waals surface area (Å²) in [4.78, 5) is 4.17. The summed E-state index contributed by atoms with van der Waals surface area (Å²) in [5.41, 5.74) is 1.64. The summed E-state index contributed by atoms with van der Waals surface area (Å²) in [5.74, 6) is 1.51. The number of ether oxygens (including phenoxy) is 2. The molecule has 2 rings (SSSR count). The number of oxazole rings is 1. The zero-order valence-electron chi connectivity index (χ0n) is 10.5. The lowest BCUT2D eigenvalue weighted by molar-refractivity contribution is 0.260. The quantitative estimate of drug-likeness (QED) is 0.847. The third kappa shape index (κ3) is 2.43. The van der Waals surface area contributed by atoms with Gasteiger partial charge < -0.3 is 13.9 Å². The highest BCUT2D eigenvalue weighted by Crippen LogP contribution is 2.36. The number of rotatable bonds is 4. The summed E-state index contributed by atoms with van der Waals surface area (Å²) in [6.45, 7) is 4.33. The van der Waals surface area contributed by atoms with Gasteiger partial charge in [0.1, 0.15) is 11.9 Å². The predicted molar refractivity (Wildman–Crippen MR) is 69.4 cm³/mol. The smallest absolute Gasteiger partial charge is 0.305 e. The monoisotopic (exact) mass is 267 g/mol. The molecule has 0 aliphatic rings. The molecule has 0 aliphatic carbocycles. The first-order valence-electron chi connectivity index (χ1n) is 5.58. The Morgan fingerprint density at radius 1 is 1.39 bits per heavy atom. The molecule has 0 unspecified atom stereocenters. The summed E-state index contributed by atoms with van der Waals surface area (Å²) >= 11 is 6.04. The molecule has 2 aromatic rings. The Kier molecular flexibility index (Phi) is 3.77. The first-order valence-corrected chi connectivity index (χ1v) is 5.96. The molecule has 1 heterocycles. The van der Waals surface area contributed by atoms with Gasteiger partial charge in [-0.15, -0.1) is 0 Å². The largest absolute Gasteiger partial charge is 0.496 e. The summed E-state index contributed by atoms with van der Waals surface area (Å²) in [6.07, 6.45) is 1.54. The fraction of sp³-hybridized carbons (Fsp3) is 0.308. The van der Waals surface area contributed by atoms with Crippen LogP contribution in [-0.2, 0) is 0 Å². The normalized spacial score (nSPS) is 10.4. The first-order chi connectivity index (χ1) is 8.65. The Morgan fingerprint density at radius 3 is 2.83 bits per heavy atom. The molecule has 0 spiro atoms. The topological polar surface area (TPSA) is 44.5 Å². The van der Waals surface area contributed by atoms with Crippen molar-refractivity contribution < 1.29 is 13.9 Å². The molecule has 0 fully saturated rings. The minimum absolute atomic E-state index is 0.382. The lowest BCUT2D eigenvalue weighted by Gasteiger charge is -2.09. The fourth-order valence-electron chi connectivity index (χ4n) is 1.75. The molecule has 1 aromatic carbocycles. The van der Waals surface area contributed by atoms with E-state index in [1.807, 2.05) is 19.9 Å². The van der Waals surface area contributed by atoms with Crippen LogP contribution in [0.2, 0.25) is 5.02 Å². The van der Waals surface area contributed by atoms with Crippen molar-refractivity contribution >= 4 is 11.6 Å². The molecule has 0 radical (unpaired) electrons. The van der Waals surface area contributed by atoms with Crippen molar-refractivity contribution in [2.75, 3.05) is 13.7 Å². The van der Waals surface area contributed by atoms with Gasteiger partial charge in [0.15, 0.2) is 0 Å². The molecule has 0 atom stereocenters. The average molecular weight is 268 g/mol. The standard InChI is InChI=1S/C13H14ClNO3/c1-4-17-11-7-15-13(18-11)10-6-9(14)5-8(2)12(10)16-3/h5-7H,4H2,1-3H3. The van der Waals surface area contributed by atoms with Crippen LogP contribution in [0.5, 0.6) is 11.7 Å². The van der Waals surface area contributed by atoms with E-state index in [-0.39, 0.29) is 0 Å². The van der Waals surface area contributed by atoms with Crippen molar-refractivity contribution in [1.29, 1.82) is 0 Å². The Hall–Kier alpha value is -1.68. The predicted octanol–water partition coefficient (Wildman–Crippen LogP) is 3.71. The number of benzene rings is 1. The minimum atomic E-state index is 0.382. The van der Waals surface area contributed by atoms with Crippen LogP contribution in [0.15, 0.2) is 22.7 Å². The van der Waals surface area contributed by atoms with Crippen LogP contribution in [0, 0.1) is 6.92 Å². The third-order valence-electron chi connectivity index (χ3n) is 2.45. The second-order valence-electron chi connectivity index (χ2n) is 3.72. The van der Waals surface area contributed by atoms with Crippen molar-refractivity contribution in [3.8, 4) is 23.1 Å². The molecular formula is C13H14ClNO3. The highest BCUT2D eigenvalue weighted by atomic mass is 35.5. The summed E-state index contributed by atoms with van der Waals surface area (Å²) in [6, 6.07) is 3.59. The molecule has 0 saturated heterocycles. The van der Waals surface area contributed by atoms with Gasteiger partial charge in [-0.25, -0.2) is 4.98 Å². The lowest BCUT2D eigenvalue weighted by Crippen LogP contribution is -1.92. The van der Waals surface area contributed by atoms with Crippen LogP contribution >= 0.6 is 11.6 Å². The molecule has 1 aromatic heterocycles. The first kappa shape index (κ1) is 12.8. The van der Waals surface area contributed by atoms with E-state index in [4.69, 9.17) is 25.5 Å². The van der Waals surface area contributed by atoms with Crippen molar-refractivity contribution in [3.63, 3.8) is 0 Å². The van der Waals surface area contributed by atoms with E-state index in [2.05, 4.69) is 4.98 Å². The Bertz CT molecular complexity index is 551. The van der Waals surface area contributed by atoms with E-state index in [1.54, 1.807) is 13.2 Å². The van der Waals surface area contributed by atoms with Crippen LogP contribution in [-0.4, -0.2) is 18.7 Å². The van der Waals surface area contributed by atoms with Crippen LogP contribution in [0.3, 0.4) is 0 Å². The molecule has 4 nitrogen and oxygen atoms in total. The van der Waals surface area contributed by atoms with Gasteiger partial charge in [-0.2, -0.15) is 0 Å². The van der Waals surface area contributed by atoms with Crippen LogP contribution in [0.4, 0.5) is 0 Å². The number of hydrogen-bond donors (Lipinski definition) is 0. The van der Waals surface area contributed by atoms with Gasteiger partial charge in [-0.3, -0.25) is 0 Å². The van der Waals surface area contributed by atoms with Crippen molar-refractivity contribution in [1.82, 2.24) is 4.98 Å². The number of hydrogen-bond acceptors (Lipinski definition) is 4. The number of aromatic nitrogens is 1.